The second-order valence-electron chi connectivity index (χ2n) is 2.06. The molecule has 1 rings (SSSR count). The van der Waals surface area contributed by atoms with Crippen molar-refractivity contribution in [3.63, 3.8) is 0 Å². The molecule has 0 amide bonds. The fraction of sp³-hybridized carbons (Fsp3) is 0.571. The van der Waals surface area contributed by atoms with Crippen molar-refractivity contribution in [3.05, 3.63) is 23.6 Å². The summed E-state index contributed by atoms with van der Waals surface area (Å²) < 4.78 is 0. The summed E-state index contributed by atoms with van der Waals surface area (Å²) in [7, 11) is 0. The van der Waals surface area contributed by atoms with Crippen LogP contribution in [0.25, 0.3) is 4.85 Å². The molecule has 1 nitrogen and oxygen atoms in total. The Bertz CT molecular complexity index is 130. The summed E-state index contributed by atoms with van der Waals surface area (Å²) in [5.41, 5.74) is 0. The first-order chi connectivity index (χ1) is 3.93. The van der Waals surface area contributed by atoms with Crippen molar-refractivity contribution in [3.8, 4) is 0 Å². The van der Waals surface area contributed by atoms with Crippen molar-refractivity contribution < 1.29 is 0 Å². The van der Waals surface area contributed by atoms with E-state index in [-0.39, 0.29) is 6.04 Å². The van der Waals surface area contributed by atoms with Gasteiger partial charge in [-0.15, -0.1) is 0 Å². The number of nitrogens with zero attached hydrogens (tertiary/aromatic N) is 1. The number of hydrogen-bond acceptors (Lipinski definition) is 0. The largest absolute Gasteiger partial charge is 0.309 e. The maximum absolute atomic E-state index is 6.67. The fourth-order valence-corrected chi connectivity index (χ4v) is 0.902. The number of allylic oxidation sites excluding steroid dienone is 1. The van der Waals surface area contributed by atoms with Gasteiger partial charge in [0.15, 0.2) is 0 Å². The third kappa shape index (κ3) is 1.10. The summed E-state index contributed by atoms with van der Waals surface area (Å²) in [5.74, 6) is 0. The molecule has 0 spiro atoms. The van der Waals surface area contributed by atoms with Crippen LogP contribution < -0.4 is 0 Å². The smallest absolute Gasteiger partial charge is 0.241 e. The number of rotatable bonds is 0. The van der Waals surface area contributed by atoms with Crippen LogP contribution in [-0.2, 0) is 0 Å². The lowest BCUT2D eigenvalue weighted by atomic mass is 10.0. The van der Waals surface area contributed by atoms with Gasteiger partial charge in [-0.1, -0.05) is 6.08 Å². The minimum absolute atomic E-state index is 0.198. The minimum atomic E-state index is 0.198. The van der Waals surface area contributed by atoms with E-state index in [0.29, 0.717) is 0 Å². The van der Waals surface area contributed by atoms with Crippen LogP contribution in [0.1, 0.15) is 19.3 Å². The normalized spacial score (nSPS) is 27.1. The highest BCUT2D eigenvalue weighted by atomic mass is 14.7. The molecule has 0 fully saturated rings. The molecule has 0 aromatic heterocycles. The van der Waals surface area contributed by atoms with Gasteiger partial charge in [-0.25, -0.2) is 6.57 Å². The van der Waals surface area contributed by atoms with Gasteiger partial charge < -0.3 is 4.85 Å². The van der Waals surface area contributed by atoms with Gasteiger partial charge in [0.2, 0.25) is 6.04 Å². The van der Waals surface area contributed by atoms with Crippen LogP contribution >= 0.6 is 0 Å². The highest BCUT2D eigenvalue weighted by Crippen LogP contribution is 2.12. The van der Waals surface area contributed by atoms with Gasteiger partial charge in [0.05, 0.1) is 0 Å². The van der Waals surface area contributed by atoms with Crippen LogP contribution in [-0.4, -0.2) is 6.04 Å². The lowest BCUT2D eigenvalue weighted by Crippen LogP contribution is -1.99. The SMILES string of the molecule is [C-]#[N+]C1C=CCCC1. The summed E-state index contributed by atoms with van der Waals surface area (Å²) in [5, 5.41) is 0. The van der Waals surface area contributed by atoms with Crippen molar-refractivity contribution in [1.82, 2.24) is 0 Å². The van der Waals surface area contributed by atoms with Crippen molar-refractivity contribution in [2.75, 3.05) is 0 Å². The van der Waals surface area contributed by atoms with Crippen molar-refractivity contribution in [1.29, 1.82) is 0 Å². The molecule has 1 unspecified atom stereocenters. The van der Waals surface area contributed by atoms with E-state index < -0.39 is 0 Å². The van der Waals surface area contributed by atoms with Gasteiger partial charge in [-0.3, -0.25) is 0 Å². The molecule has 0 aromatic rings. The van der Waals surface area contributed by atoms with Gasteiger partial charge in [0.25, 0.3) is 0 Å². The van der Waals surface area contributed by atoms with Gasteiger partial charge in [0.1, 0.15) is 0 Å². The van der Waals surface area contributed by atoms with Crippen LogP contribution in [0.15, 0.2) is 12.2 Å². The Morgan fingerprint density at radius 2 is 2.50 bits per heavy atom. The van der Waals surface area contributed by atoms with E-state index in [1.165, 1.54) is 12.8 Å². The van der Waals surface area contributed by atoms with Gasteiger partial charge in [-0.2, -0.15) is 0 Å². The molecule has 0 aliphatic heterocycles. The molecule has 0 bridgehead atoms. The molecule has 0 saturated carbocycles. The highest BCUT2D eigenvalue weighted by Gasteiger charge is 2.09. The Kier molecular flexibility index (Phi) is 1.69. The average molecular weight is 107 g/mol. The Balaban J connectivity index is 2.46. The monoisotopic (exact) mass is 107 g/mol. The van der Waals surface area contributed by atoms with E-state index in [4.69, 9.17) is 6.57 Å². The van der Waals surface area contributed by atoms with Crippen molar-refractivity contribution in [2.45, 2.75) is 25.3 Å². The molecular formula is C7H9N. The standard InChI is InChI=1S/C7H9N/c1-8-7-5-3-2-4-6-7/h3,5,7H,2,4,6H2. The van der Waals surface area contributed by atoms with Crippen LogP contribution in [0.5, 0.6) is 0 Å². The summed E-state index contributed by atoms with van der Waals surface area (Å²) in [6, 6.07) is 0.198. The first-order valence-corrected chi connectivity index (χ1v) is 2.96. The molecule has 0 aromatic carbocycles. The maximum Gasteiger partial charge on any atom is 0.241 e. The van der Waals surface area contributed by atoms with Crippen LogP contribution in [0.2, 0.25) is 0 Å². The fourth-order valence-electron chi connectivity index (χ4n) is 0.902. The predicted octanol–water partition coefficient (Wildman–Crippen LogP) is 2.01. The van der Waals surface area contributed by atoms with Crippen LogP contribution in [0.4, 0.5) is 0 Å². The Morgan fingerprint density at radius 1 is 1.62 bits per heavy atom. The lowest BCUT2D eigenvalue weighted by Gasteiger charge is -2.02. The average Bonchev–Trinajstić information content (AvgIpc) is 1.90. The predicted molar refractivity (Wildman–Crippen MR) is 33.4 cm³/mol. The van der Waals surface area contributed by atoms with E-state index in [1.54, 1.807) is 0 Å². The second-order valence-corrected chi connectivity index (χ2v) is 2.06. The molecule has 42 valence electrons. The van der Waals surface area contributed by atoms with Gasteiger partial charge >= 0.3 is 0 Å². The minimum Gasteiger partial charge on any atom is -0.309 e. The Hall–Kier alpha value is -0.770. The lowest BCUT2D eigenvalue weighted by molar-refractivity contribution is 0.698. The zero-order valence-electron chi connectivity index (χ0n) is 4.80. The third-order valence-electron chi connectivity index (χ3n) is 1.39. The molecule has 1 atom stereocenters. The maximum atomic E-state index is 6.67. The summed E-state index contributed by atoms with van der Waals surface area (Å²) in [4.78, 5) is 3.41. The van der Waals surface area contributed by atoms with Crippen molar-refractivity contribution in [2.24, 2.45) is 0 Å². The van der Waals surface area contributed by atoms with E-state index in [9.17, 15) is 0 Å². The Labute approximate surface area is 49.8 Å². The molecule has 1 heteroatoms. The third-order valence-corrected chi connectivity index (χ3v) is 1.39. The molecule has 1 aliphatic carbocycles. The van der Waals surface area contributed by atoms with Crippen LogP contribution in [0, 0.1) is 6.57 Å². The van der Waals surface area contributed by atoms with E-state index in [1.807, 2.05) is 6.08 Å². The molecule has 8 heavy (non-hydrogen) atoms. The zero-order valence-corrected chi connectivity index (χ0v) is 4.80. The quantitative estimate of drug-likeness (QED) is 0.329. The highest BCUT2D eigenvalue weighted by molar-refractivity contribution is 5.02. The molecule has 0 N–H and O–H groups in total. The molecule has 0 saturated heterocycles. The first-order valence-electron chi connectivity index (χ1n) is 2.96. The summed E-state index contributed by atoms with van der Waals surface area (Å²) in [6.45, 7) is 6.67. The van der Waals surface area contributed by atoms with Gasteiger partial charge in [0, 0.05) is 6.42 Å². The molecule has 0 heterocycles. The number of hydrogen-bond donors (Lipinski definition) is 0. The molecular weight excluding hydrogens is 98.1 g/mol. The van der Waals surface area contributed by atoms with E-state index in [0.717, 1.165) is 6.42 Å². The van der Waals surface area contributed by atoms with Crippen molar-refractivity contribution >= 4 is 0 Å². The summed E-state index contributed by atoms with van der Waals surface area (Å²) >= 11 is 0. The van der Waals surface area contributed by atoms with Gasteiger partial charge in [-0.05, 0) is 18.9 Å². The molecule has 1 aliphatic rings. The second kappa shape index (κ2) is 2.52. The first kappa shape index (κ1) is 5.37. The van der Waals surface area contributed by atoms with E-state index in [2.05, 4.69) is 10.9 Å². The zero-order chi connectivity index (χ0) is 5.82. The topological polar surface area (TPSA) is 4.36 Å². The summed E-state index contributed by atoms with van der Waals surface area (Å²) in [6.07, 6.45) is 7.55. The van der Waals surface area contributed by atoms with E-state index >= 15 is 0 Å². The Morgan fingerprint density at radius 3 is 2.88 bits per heavy atom. The van der Waals surface area contributed by atoms with Crippen LogP contribution in [0.3, 0.4) is 0 Å². The molecule has 0 radical (unpaired) electrons.